The van der Waals surface area contributed by atoms with Gasteiger partial charge in [0, 0.05) is 22.3 Å². The predicted molar refractivity (Wildman–Crippen MR) is 122 cm³/mol. The van der Waals surface area contributed by atoms with E-state index in [9.17, 15) is 18.0 Å². The molecule has 32 heavy (non-hydrogen) atoms. The van der Waals surface area contributed by atoms with Crippen LogP contribution in [0.15, 0.2) is 82.6 Å². The normalized spacial score (nSPS) is 11.4. The zero-order chi connectivity index (χ0) is 22.9. The Kier molecular flexibility index (Phi) is 5.79. The fraction of sp³-hybridized carbons (Fsp3) is 0.0455. The second-order valence-electron chi connectivity index (χ2n) is 7.02. The lowest BCUT2D eigenvalue weighted by Gasteiger charge is -2.13. The van der Waals surface area contributed by atoms with Gasteiger partial charge in [0.15, 0.2) is 0 Å². The van der Waals surface area contributed by atoms with Crippen molar-refractivity contribution in [3.63, 3.8) is 0 Å². The van der Waals surface area contributed by atoms with Gasteiger partial charge in [-0.2, -0.15) is 0 Å². The number of hydrogen-bond acceptors (Lipinski definition) is 5. The quantitative estimate of drug-likeness (QED) is 0.466. The summed E-state index contributed by atoms with van der Waals surface area (Å²) in [6.07, 6.45) is 1.58. The number of benzene rings is 2. The zero-order valence-corrected chi connectivity index (χ0v) is 18.1. The van der Waals surface area contributed by atoms with Gasteiger partial charge < -0.3 is 5.32 Å². The van der Waals surface area contributed by atoms with E-state index in [4.69, 9.17) is 16.7 Å². The van der Waals surface area contributed by atoms with Crippen molar-refractivity contribution < 1.29 is 13.2 Å². The van der Waals surface area contributed by atoms with Gasteiger partial charge in [0.1, 0.15) is 11.2 Å². The second-order valence-corrected chi connectivity index (χ2v) is 9.01. The van der Waals surface area contributed by atoms with Crippen molar-refractivity contribution in [1.29, 1.82) is 0 Å². The summed E-state index contributed by atoms with van der Waals surface area (Å²) < 4.78 is 24.2. The van der Waals surface area contributed by atoms with E-state index in [1.807, 2.05) is 0 Å². The molecule has 0 saturated heterocycles. The minimum absolute atomic E-state index is 0.0741. The third-order valence-corrected chi connectivity index (χ3v) is 5.97. The molecule has 0 bridgehead atoms. The van der Waals surface area contributed by atoms with Crippen LogP contribution in [0.4, 0.5) is 5.69 Å². The van der Waals surface area contributed by atoms with Gasteiger partial charge in [-0.1, -0.05) is 23.7 Å². The number of nitrogens with one attached hydrogen (secondary N) is 1. The molecule has 2 aromatic carbocycles. The summed E-state index contributed by atoms with van der Waals surface area (Å²) in [4.78, 5) is 30.3. The van der Waals surface area contributed by atoms with Gasteiger partial charge in [-0.15, -0.1) is 0 Å². The van der Waals surface area contributed by atoms with E-state index in [1.165, 1.54) is 34.9 Å². The number of primary sulfonamides is 1. The lowest BCUT2D eigenvalue weighted by Crippen LogP contribution is -2.30. The first kappa shape index (κ1) is 21.7. The molecule has 10 heteroatoms. The Morgan fingerprint density at radius 3 is 2.41 bits per heavy atom. The highest BCUT2D eigenvalue weighted by Gasteiger charge is 2.17. The predicted octanol–water partition coefficient (Wildman–Crippen LogP) is 3.00. The first-order chi connectivity index (χ1) is 15.2. The number of carbonyl (C=O) groups excluding carboxylic acids is 1. The molecule has 2 aromatic heterocycles. The molecule has 2 heterocycles. The average molecular weight is 469 g/mol. The first-order valence-electron chi connectivity index (χ1n) is 9.39. The largest absolute Gasteiger partial charge is 0.322 e. The molecule has 0 aliphatic carbocycles. The van der Waals surface area contributed by atoms with Crippen molar-refractivity contribution in [2.45, 2.75) is 11.4 Å². The molecular weight excluding hydrogens is 452 g/mol. The van der Waals surface area contributed by atoms with E-state index in [1.54, 1.807) is 42.6 Å². The summed E-state index contributed by atoms with van der Waals surface area (Å²) in [6.45, 7) is 0.202. The molecule has 0 fully saturated rings. The van der Waals surface area contributed by atoms with Gasteiger partial charge in [0.25, 0.3) is 11.5 Å². The van der Waals surface area contributed by atoms with Crippen LogP contribution in [-0.2, 0) is 16.6 Å². The first-order valence-corrected chi connectivity index (χ1v) is 11.3. The number of nitrogens with two attached hydrogens (primary N) is 1. The number of carbonyl (C=O) groups is 1. The Morgan fingerprint density at radius 2 is 1.75 bits per heavy atom. The van der Waals surface area contributed by atoms with Gasteiger partial charge >= 0.3 is 0 Å². The third-order valence-electron chi connectivity index (χ3n) is 4.79. The molecule has 0 spiro atoms. The van der Waals surface area contributed by atoms with Crippen LogP contribution in [0.1, 0.15) is 15.9 Å². The van der Waals surface area contributed by atoms with Crippen molar-refractivity contribution in [3.8, 4) is 0 Å². The fourth-order valence-electron chi connectivity index (χ4n) is 3.21. The number of anilines is 1. The number of hydrogen-bond donors (Lipinski definition) is 2. The Balaban J connectivity index is 1.72. The van der Waals surface area contributed by atoms with Crippen molar-refractivity contribution in [2.24, 2.45) is 5.14 Å². The van der Waals surface area contributed by atoms with Crippen LogP contribution in [0.2, 0.25) is 5.02 Å². The Morgan fingerprint density at radius 1 is 1.06 bits per heavy atom. The van der Waals surface area contributed by atoms with Crippen molar-refractivity contribution >= 4 is 44.3 Å². The maximum Gasteiger partial charge on any atom is 0.265 e. The molecule has 4 aromatic rings. The summed E-state index contributed by atoms with van der Waals surface area (Å²) >= 11 is 5.95. The molecule has 162 valence electrons. The number of aromatic nitrogens is 2. The van der Waals surface area contributed by atoms with E-state index < -0.39 is 21.5 Å². The van der Waals surface area contributed by atoms with Crippen LogP contribution in [0, 0.1) is 0 Å². The molecule has 4 rings (SSSR count). The number of amides is 1. The van der Waals surface area contributed by atoms with Crippen LogP contribution < -0.4 is 16.0 Å². The number of nitrogens with zero attached hydrogens (tertiary/aromatic N) is 2. The maximum atomic E-state index is 13.2. The van der Waals surface area contributed by atoms with Crippen molar-refractivity contribution in [3.05, 3.63) is 99.4 Å². The van der Waals surface area contributed by atoms with E-state index in [-0.39, 0.29) is 17.0 Å². The molecule has 8 nitrogen and oxygen atoms in total. The number of sulfonamides is 1. The number of pyridine rings is 2. The highest BCUT2D eigenvalue weighted by molar-refractivity contribution is 7.89. The maximum absolute atomic E-state index is 13.2. The highest BCUT2D eigenvalue weighted by atomic mass is 35.5. The minimum Gasteiger partial charge on any atom is -0.322 e. The molecule has 1 amide bonds. The smallest absolute Gasteiger partial charge is 0.265 e. The molecule has 0 atom stereocenters. The molecule has 0 aliphatic rings. The molecule has 3 N–H and O–H groups in total. The lowest BCUT2D eigenvalue weighted by atomic mass is 10.1. The minimum atomic E-state index is -3.85. The van der Waals surface area contributed by atoms with Gasteiger partial charge in [0.2, 0.25) is 10.0 Å². The molecule has 0 saturated carbocycles. The number of halogens is 1. The Hall–Kier alpha value is -3.53. The van der Waals surface area contributed by atoms with Gasteiger partial charge in [-0.05, 0) is 60.2 Å². The van der Waals surface area contributed by atoms with Crippen molar-refractivity contribution in [1.82, 2.24) is 9.55 Å². The van der Waals surface area contributed by atoms with Crippen LogP contribution >= 0.6 is 11.6 Å². The second kappa shape index (κ2) is 8.54. The monoisotopic (exact) mass is 468 g/mol. The fourth-order valence-corrected chi connectivity index (χ4v) is 3.86. The number of rotatable bonds is 5. The van der Waals surface area contributed by atoms with Gasteiger partial charge in [-0.25, -0.2) is 18.5 Å². The van der Waals surface area contributed by atoms with E-state index >= 15 is 0 Å². The van der Waals surface area contributed by atoms with E-state index in [0.29, 0.717) is 21.7 Å². The van der Waals surface area contributed by atoms with Gasteiger partial charge in [-0.3, -0.25) is 14.2 Å². The topological polar surface area (TPSA) is 124 Å². The molecule has 0 radical (unpaired) electrons. The van der Waals surface area contributed by atoms with E-state index in [0.717, 1.165) is 5.56 Å². The average Bonchev–Trinajstić information content (AvgIpc) is 2.76. The van der Waals surface area contributed by atoms with E-state index in [2.05, 4.69) is 10.3 Å². The highest BCUT2D eigenvalue weighted by Crippen LogP contribution is 2.17. The summed E-state index contributed by atoms with van der Waals surface area (Å²) in [6, 6.07) is 17.3. The Labute approximate surface area is 188 Å². The van der Waals surface area contributed by atoms with Crippen LogP contribution in [0.5, 0.6) is 0 Å². The molecular formula is C22H17ClN4O4S. The third kappa shape index (κ3) is 4.54. The summed E-state index contributed by atoms with van der Waals surface area (Å²) in [5, 5.41) is 8.90. The van der Waals surface area contributed by atoms with Gasteiger partial charge in [0.05, 0.1) is 11.4 Å². The molecule has 0 aliphatic heterocycles. The summed E-state index contributed by atoms with van der Waals surface area (Å²) in [5.74, 6) is -0.631. The Bertz CT molecular complexity index is 1480. The SMILES string of the molecule is NS(=O)(=O)c1ccc(NC(=O)c2cc3cccnc3n(Cc3ccc(Cl)cc3)c2=O)cc1. The van der Waals surface area contributed by atoms with Crippen molar-refractivity contribution in [2.75, 3.05) is 5.32 Å². The molecule has 0 unspecified atom stereocenters. The van der Waals surface area contributed by atoms with Crippen LogP contribution in [0.3, 0.4) is 0 Å². The van der Waals surface area contributed by atoms with Crippen LogP contribution in [-0.4, -0.2) is 23.9 Å². The summed E-state index contributed by atoms with van der Waals surface area (Å²) in [5.41, 5.74) is 0.998. The number of fused-ring (bicyclic) bond motifs is 1. The standard InChI is InChI=1S/C22H17ClN4O4S/c23-16-5-3-14(4-6-16)13-27-20-15(2-1-11-25-20)12-19(22(27)29)21(28)26-17-7-9-18(10-8-17)32(24,30)31/h1-12H,13H2,(H,26,28)(H2,24,30,31). The summed E-state index contributed by atoms with van der Waals surface area (Å²) in [7, 11) is -3.85. The van der Waals surface area contributed by atoms with Crippen LogP contribution in [0.25, 0.3) is 11.0 Å². The zero-order valence-electron chi connectivity index (χ0n) is 16.5. The lowest BCUT2D eigenvalue weighted by molar-refractivity contribution is 0.102.